The zero-order chi connectivity index (χ0) is 19.8. The topological polar surface area (TPSA) is 138 Å². The van der Waals surface area contributed by atoms with Crippen molar-refractivity contribution in [3.63, 3.8) is 0 Å². The number of rotatable bonds is 7. The highest BCUT2D eigenvalue weighted by Crippen LogP contribution is 2.41. The van der Waals surface area contributed by atoms with Crippen molar-refractivity contribution in [2.45, 2.75) is 38.5 Å². The summed E-state index contributed by atoms with van der Waals surface area (Å²) in [4.78, 5) is 0. The lowest BCUT2D eigenvalue weighted by Gasteiger charge is -2.30. The molecule has 0 fully saturated rings. The van der Waals surface area contributed by atoms with E-state index >= 15 is 0 Å². The fraction of sp³-hybridized carbons (Fsp3) is 0.600. The summed E-state index contributed by atoms with van der Waals surface area (Å²) in [6.07, 6.45) is 0. The molecule has 25 heavy (non-hydrogen) atoms. The van der Waals surface area contributed by atoms with E-state index in [0.717, 1.165) is 0 Å². The zero-order valence-electron chi connectivity index (χ0n) is 14.8. The minimum atomic E-state index is -4.29. The van der Waals surface area contributed by atoms with Crippen LogP contribution in [0.5, 0.6) is 11.5 Å². The van der Waals surface area contributed by atoms with Crippen molar-refractivity contribution in [3.8, 4) is 11.5 Å². The van der Waals surface area contributed by atoms with E-state index in [0.29, 0.717) is 5.56 Å². The van der Waals surface area contributed by atoms with Crippen LogP contribution in [-0.4, -0.2) is 49.7 Å². The number of ether oxygens (including phenoxy) is 1. The smallest absolute Gasteiger partial charge is 0.265 e. The van der Waals surface area contributed by atoms with Crippen LogP contribution < -0.4 is 4.74 Å². The molecule has 0 amide bonds. The van der Waals surface area contributed by atoms with E-state index in [1.54, 1.807) is 13.8 Å². The van der Waals surface area contributed by atoms with E-state index < -0.39 is 42.6 Å². The standard InChI is InChI=1S/C15H24O8S2/c1-14(2,8-24(17,18)19)10-7-13(23-5)11(6-12(10)16)15(3,4)9-25(20,21)22/h6-7,16H,8-9H2,1-5H3,(H,17,18,19)(H,20,21,22). The van der Waals surface area contributed by atoms with Crippen molar-refractivity contribution in [1.29, 1.82) is 0 Å². The molecule has 1 aromatic carbocycles. The Hall–Kier alpha value is -1.36. The fourth-order valence-corrected chi connectivity index (χ4v) is 5.01. The Kier molecular flexibility index (Phi) is 5.85. The van der Waals surface area contributed by atoms with E-state index in [1.165, 1.54) is 33.1 Å². The van der Waals surface area contributed by atoms with Crippen LogP contribution in [0.3, 0.4) is 0 Å². The molecule has 0 bridgehead atoms. The van der Waals surface area contributed by atoms with Crippen LogP contribution in [0.2, 0.25) is 0 Å². The molecule has 0 saturated carbocycles. The van der Waals surface area contributed by atoms with Crippen LogP contribution in [0.4, 0.5) is 0 Å². The molecule has 0 aromatic heterocycles. The van der Waals surface area contributed by atoms with Crippen LogP contribution in [0.15, 0.2) is 12.1 Å². The molecule has 1 rings (SSSR count). The van der Waals surface area contributed by atoms with Gasteiger partial charge >= 0.3 is 0 Å². The van der Waals surface area contributed by atoms with Gasteiger partial charge < -0.3 is 9.84 Å². The lowest BCUT2D eigenvalue weighted by atomic mass is 9.80. The minimum absolute atomic E-state index is 0.216. The second-order valence-corrected chi connectivity index (χ2v) is 10.2. The third kappa shape index (κ3) is 5.84. The van der Waals surface area contributed by atoms with E-state index in [4.69, 9.17) is 13.8 Å². The van der Waals surface area contributed by atoms with Crippen LogP contribution >= 0.6 is 0 Å². The van der Waals surface area contributed by atoms with Gasteiger partial charge in [0.1, 0.15) is 11.5 Å². The summed E-state index contributed by atoms with van der Waals surface area (Å²) in [5, 5.41) is 10.4. The molecule has 1 aromatic rings. The van der Waals surface area contributed by atoms with E-state index in [-0.39, 0.29) is 17.1 Å². The first-order chi connectivity index (χ1) is 11.0. The Bertz CT molecular complexity index is 852. The molecule has 0 atom stereocenters. The molecule has 0 heterocycles. The van der Waals surface area contributed by atoms with E-state index in [2.05, 4.69) is 0 Å². The average Bonchev–Trinajstić information content (AvgIpc) is 2.32. The summed E-state index contributed by atoms with van der Waals surface area (Å²) in [5.41, 5.74) is -1.66. The number of hydrogen-bond acceptors (Lipinski definition) is 6. The Morgan fingerprint density at radius 2 is 1.28 bits per heavy atom. The highest BCUT2D eigenvalue weighted by Gasteiger charge is 2.34. The summed E-state index contributed by atoms with van der Waals surface area (Å²) < 4.78 is 68.4. The zero-order valence-corrected chi connectivity index (χ0v) is 16.4. The van der Waals surface area contributed by atoms with E-state index in [9.17, 15) is 21.9 Å². The predicted octanol–water partition coefficient (Wildman–Crippen LogP) is 1.73. The first kappa shape index (κ1) is 21.7. The highest BCUT2D eigenvalue weighted by molar-refractivity contribution is 7.86. The summed E-state index contributed by atoms with van der Waals surface area (Å²) in [7, 11) is -7.23. The number of aromatic hydroxyl groups is 1. The maximum atomic E-state index is 11.2. The molecule has 144 valence electrons. The number of phenolic OH excluding ortho intramolecular Hbond substituents is 1. The minimum Gasteiger partial charge on any atom is -0.508 e. The lowest BCUT2D eigenvalue weighted by molar-refractivity contribution is 0.384. The number of methoxy groups -OCH3 is 1. The molecule has 0 aliphatic carbocycles. The Labute approximate surface area is 148 Å². The molecule has 0 aliphatic rings. The largest absolute Gasteiger partial charge is 0.508 e. The molecule has 0 unspecified atom stereocenters. The Morgan fingerprint density at radius 1 is 0.880 bits per heavy atom. The molecular weight excluding hydrogens is 372 g/mol. The highest BCUT2D eigenvalue weighted by atomic mass is 32.2. The molecule has 8 nitrogen and oxygen atoms in total. The van der Waals surface area contributed by atoms with Gasteiger partial charge in [0, 0.05) is 22.0 Å². The maximum absolute atomic E-state index is 11.2. The van der Waals surface area contributed by atoms with Crippen molar-refractivity contribution >= 4 is 20.2 Å². The SMILES string of the molecule is COc1cc(C(C)(C)CS(=O)(=O)O)c(O)cc1C(C)(C)CS(=O)(=O)O. The molecule has 0 radical (unpaired) electrons. The van der Waals surface area contributed by atoms with Gasteiger partial charge in [0.2, 0.25) is 0 Å². The van der Waals surface area contributed by atoms with Crippen LogP contribution in [0.25, 0.3) is 0 Å². The van der Waals surface area contributed by atoms with Crippen LogP contribution in [0.1, 0.15) is 38.8 Å². The fourth-order valence-electron chi connectivity index (χ4n) is 2.88. The molecular formula is C15H24O8S2. The van der Waals surface area contributed by atoms with Crippen molar-refractivity contribution in [2.24, 2.45) is 0 Å². The van der Waals surface area contributed by atoms with Gasteiger partial charge in [-0.05, 0) is 12.1 Å². The van der Waals surface area contributed by atoms with Gasteiger partial charge in [-0.25, -0.2) is 0 Å². The van der Waals surface area contributed by atoms with Gasteiger partial charge in [0.05, 0.1) is 18.6 Å². The lowest BCUT2D eigenvalue weighted by Crippen LogP contribution is -2.30. The summed E-state index contributed by atoms with van der Waals surface area (Å²) >= 11 is 0. The number of hydrogen-bond donors (Lipinski definition) is 3. The normalized spacial score (nSPS) is 13.7. The van der Waals surface area contributed by atoms with Crippen LogP contribution in [-0.2, 0) is 31.1 Å². The second kappa shape index (κ2) is 6.75. The van der Waals surface area contributed by atoms with Gasteiger partial charge in [0.15, 0.2) is 0 Å². The Morgan fingerprint density at radius 3 is 1.64 bits per heavy atom. The third-order valence-electron chi connectivity index (χ3n) is 3.86. The van der Waals surface area contributed by atoms with Crippen LogP contribution in [0, 0.1) is 0 Å². The quantitative estimate of drug-likeness (QED) is 0.592. The average molecular weight is 396 g/mol. The number of benzene rings is 1. The molecule has 0 saturated heterocycles. The van der Waals surface area contributed by atoms with Gasteiger partial charge in [-0.1, -0.05) is 27.7 Å². The summed E-state index contributed by atoms with van der Waals surface area (Å²) in [5.74, 6) is -1.26. The molecule has 10 heteroatoms. The van der Waals surface area contributed by atoms with Gasteiger partial charge in [0.25, 0.3) is 20.2 Å². The van der Waals surface area contributed by atoms with Crippen molar-refractivity contribution < 1.29 is 35.8 Å². The van der Waals surface area contributed by atoms with Gasteiger partial charge in [-0.15, -0.1) is 0 Å². The first-order valence-corrected chi connectivity index (χ1v) is 10.5. The second-order valence-electron chi connectivity index (χ2n) is 7.29. The molecule has 0 aliphatic heterocycles. The maximum Gasteiger partial charge on any atom is 0.265 e. The Balaban J connectivity index is 3.53. The predicted molar refractivity (Wildman–Crippen MR) is 93.5 cm³/mol. The third-order valence-corrected chi connectivity index (χ3v) is 6.04. The van der Waals surface area contributed by atoms with Crippen molar-refractivity contribution in [1.82, 2.24) is 0 Å². The summed E-state index contributed by atoms with van der Waals surface area (Å²) in [6, 6.07) is 2.69. The summed E-state index contributed by atoms with van der Waals surface area (Å²) in [6.45, 7) is 6.17. The molecule has 3 N–H and O–H groups in total. The van der Waals surface area contributed by atoms with E-state index in [1.807, 2.05) is 0 Å². The van der Waals surface area contributed by atoms with Crippen molar-refractivity contribution in [3.05, 3.63) is 23.3 Å². The monoisotopic (exact) mass is 396 g/mol. The first-order valence-electron chi connectivity index (χ1n) is 7.31. The van der Waals surface area contributed by atoms with Gasteiger partial charge in [-0.3, -0.25) is 9.11 Å². The van der Waals surface area contributed by atoms with Crippen molar-refractivity contribution in [2.75, 3.05) is 18.6 Å². The van der Waals surface area contributed by atoms with Gasteiger partial charge in [-0.2, -0.15) is 16.8 Å². The number of phenols is 1. The molecule has 0 spiro atoms.